The summed E-state index contributed by atoms with van der Waals surface area (Å²) in [5.74, 6) is 3.05. The van der Waals surface area contributed by atoms with Crippen LogP contribution in [-0.4, -0.2) is 49.0 Å². The van der Waals surface area contributed by atoms with Gasteiger partial charge >= 0.3 is 0 Å². The molecule has 0 N–H and O–H groups in total. The lowest BCUT2D eigenvalue weighted by Crippen LogP contribution is -2.58. The van der Waals surface area contributed by atoms with Gasteiger partial charge in [0.25, 0.3) is 0 Å². The van der Waals surface area contributed by atoms with Gasteiger partial charge in [-0.05, 0) is 118 Å². The fraction of sp³-hybridized carbons (Fsp3) is 0.862. The van der Waals surface area contributed by atoms with Crippen LogP contribution in [0.25, 0.3) is 0 Å². The van der Waals surface area contributed by atoms with Crippen molar-refractivity contribution in [3.63, 3.8) is 0 Å². The molecule has 2 saturated heterocycles. The topological polar surface area (TPSA) is 38.1 Å². The lowest BCUT2D eigenvalue weighted by atomic mass is 9.44. The van der Waals surface area contributed by atoms with E-state index in [2.05, 4.69) is 24.8 Å². The Morgan fingerprint density at radius 2 is 1.91 bits per heavy atom. The molecule has 1 aromatic heterocycles. The first kappa shape index (κ1) is 21.4. The highest BCUT2D eigenvalue weighted by molar-refractivity contribution is 5.35. The number of hydrogen-bond acceptors (Lipinski definition) is 4. The third-order valence-electron chi connectivity index (χ3n) is 11.9. The maximum Gasteiger partial charge on any atom is 0.104 e. The molecule has 2 aliphatic heterocycles. The molecular formula is C29H43NO3. The lowest BCUT2D eigenvalue weighted by molar-refractivity contribution is -0.145. The Morgan fingerprint density at radius 3 is 2.73 bits per heavy atom. The summed E-state index contributed by atoms with van der Waals surface area (Å²) in [6.45, 7) is 9.86. The number of rotatable bonds is 5. The Morgan fingerprint density at radius 1 is 1.03 bits per heavy atom. The number of likely N-dealkylation sites (tertiary alicyclic amines) is 1. The van der Waals surface area contributed by atoms with Crippen molar-refractivity contribution in [2.24, 2.45) is 28.6 Å². The highest BCUT2D eigenvalue weighted by Gasteiger charge is 2.80. The van der Waals surface area contributed by atoms with E-state index >= 15 is 0 Å². The number of nitrogens with zero attached hydrogens (tertiary/aromatic N) is 1. The van der Waals surface area contributed by atoms with E-state index in [1.807, 2.05) is 12.5 Å². The fourth-order valence-electron chi connectivity index (χ4n) is 10.1. The lowest BCUT2D eigenvalue weighted by Gasteiger charge is -2.61. The minimum absolute atomic E-state index is 0.148. The number of hydrogen-bond donors (Lipinski definition) is 0. The Labute approximate surface area is 199 Å². The minimum atomic E-state index is 0.148. The molecule has 0 aromatic carbocycles. The molecule has 1 aromatic rings. The second-order valence-corrected chi connectivity index (χ2v) is 13.0. The normalized spacial score (nSPS) is 51.0. The predicted molar refractivity (Wildman–Crippen MR) is 128 cm³/mol. The standard InChI is InChI=1S/C29H43NO3/c1-27-10-7-22(32-16-14-30-12-3-4-13-30)17-21(27)5-6-24-23(27)8-11-28(2)25(20-9-15-31-19-20)18-26-29(24,28)33-26/h9,15,19,21-26H,3-8,10-14,16-18H2,1-2H3/t21-,22-,23-,24+,25+,26+,27-,28+,29+/m0/s1. The van der Waals surface area contributed by atoms with Crippen LogP contribution in [0.15, 0.2) is 23.0 Å². The summed E-state index contributed by atoms with van der Waals surface area (Å²) in [7, 11) is 0. The van der Waals surface area contributed by atoms with Crippen LogP contribution >= 0.6 is 0 Å². The van der Waals surface area contributed by atoms with E-state index in [9.17, 15) is 0 Å². The summed E-state index contributed by atoms with van der Waals surface area (Å²) in [4.78, 5) is 2.58. The second-order valence-electron chi connectivity index (χ2n) is 13.0. The summed E-state index contributed by atoms with van der Waals surface area (Å²) in [6, 6.07) is 2.21. The van der Waals surface area contributed by atoms with Crippen LogP contribution in [0.5, 0.6) is 0 Å². The van der Waals surface area contributed by atoms with E-state index in [1.165, 1.54) is 82.9 Å². The van der Waals surface area contributed by atoms with Crippen molar-refractivity contribution < 1.29 is 13.9 Å². The van der Waals surface area contributed by atoms with E-state index in [0.717, 1.165) is 30.9 Å². The monoisotopic (exact) mass is 453 g/mol. The highest BCUT2D eigenvalue weighted by atomic mass is 16.6. The Kier molecular flexibility index (Phi) is 4.92. The third kappa shape index (κ3) is 2.99. The molecule has 0 bridgehead atoms. The minimum Gasteiger partial charge on any atom is -0.472 e. The Hall–Kier alpha value is -0.840. The van der Waals surface area contributed by atoms with Gasteiger partial charge in [-0.15, -0.1) is 0 Å². The average Bonchev–Trinajstić information content (AvgIpc) is 3.23. The molecule has 0 unspecified atom stereocenters. The van der Waals surface area contributed by atoms with Gasteiger partial charge in [-0.1, -0.05) is 13.8 Å². The summed E-state index contributed by atoms with van der Waals surface area (Å²) in [6.07, 6.45) is 18.2. The first-order chi connectivity index (χ1) is 16.0. The van der Waals surface area contributed by atoms with E-state index in [-0.39, 0.29) is 11.0 Å². The summed E-state index contributed by atoms with van der Waals surface area (Å²) >= 11 is 0. The summed E-state index contributed by atoms with van der Waals surface area (Å²) in [5, 5.41) is 0. The smallest absolute Gasteiger partial charge is 0.104 e. The molecule has 0 radical (unpaired) electrons. The molecule has 4 heteroatoms. The molecule has 4 nitrogen and oxygen atoms in total. The van der Waals surface area contributed by atoms with Crippen molar-refractivity contribution in [1.82, 2.24) is 4.90 Å². The van der Waals surface area contributed by atoms with E-state index < -0.39 is 0 Å². The molecule has 182 valence electrons. The van der Waals surface area contributed by atoms with Crippen LogP contribution in [0.4, 0.5) is 0 Å². The zero-order chi connectivity index (χ0) is 22.3. The Balaban J connectivity index is 1.05. The SMILES string of the molecule is C[C@]12CC[C@H](OCCN3CCCC3)C[C@@H]1CC[C@@H]1[C@@H]2CC[C@]2(C)[C@@H](c3ccoc3)C[C@H]3O[C@]132. The molecule has 33 heavy (non-hydrogen) atoms. The summed E-state index contributed by atoms with van der Waals surface area (Å²) < 4.78 is 18.7. The molecular weight excluding hydrogens is 410 g/mol. The third-order valence-corrected chi connectivity index (χ3v) is 11.9. The van der Waals surface area contributed by atoms with Gasteiger partial charge in [0.05, 0.1) is 31.3 Å². The van der Waals surface area contributed by atoms with Crippen molar-refractivity contribution in [2.75, 3.05) is 26.2 Å². The maximum atomic E-state index is 6.73. The van der Waals surface area contributed by atoms with Gasteiger partial charge in [0.2, 0.25) is 0 Å². The van der Waals surface area contributed by atoms with Crippen LogP contribution in [0, 0.1) is 28.6 Å². The van der Waals surface area contributed by atoms with E-state index in [4.69, 9.17) is 13.9 Å². The van der Waals surface area contributed by atoms with Crippen molar-refractivity contribution >= 4 is 0 Å². The molecule has 9 atom stereocenters. The molecule has 6 aliphatic rings. The van der Waals surface area contributed by atoms with Gasteiger partial charge < -0.3 is 18.8 Å². The second kappa shape index (κ2) is 7.58. The molecule has 6 fully saturated rings. The van der Waals surface area contributed by atoms with Gasteiger partial charge in [-0.25, -0.2) is 0 Å². The van der Waals surface area contributed by atoms with Gasteiger partial charge in [0.1, 0.15) is 5.60 Å². The van der Waals surface area contributed by atoms with Crippen molar-refractivity contribution in [1.29, 1.82) is 0 Å². The van der Waals surface area contributed by atoms with Crippen LogP contribution in [0.1, 0.15) is 89.5 Å². The number of ether oxygens (including phenoxy) is 2. The van der Waals surface area contributed by atoms with E-state index in [0.29, 0.717) is 23.5 Å². The largest absolute Gasteiger partial charge is 0.472 e. The van der Waals surface area contributed by atoms with Gasteiger partial charge in [0.15, 0.2) is 0 Å². The molecule has 4 saturated carbocycles. The van der Waals surface area contributed by atoms with Gasteiger partial charge in [-0.3, -0.25) is 0 Å². The van der Waals surface area contributed by atoms with Crippen LogP contribution in [0.3, 0.4) is 0 Å². The maximum absolute atomic E-state index is 6.73. The van der Waals surface area contributed by atoms with E-state index in [1.54, 1.807) is 0 Å². The Bertz CT molecular complexity index is 864. The van der Waals surface area contributed by atoms with Gasteiger partial charge in [0, 0.05) is 12.0 Å². The molecule has 4 aliphatic carbocycles. The molecule has 7 rings (SSSR count). The first-order valence-electron chi connectivity index (χ1n) is 14.1. The molecule has 1 spiro atoms. The summed E-state index contributed by atoms with van der Waals surface area (Å²) in [5.41, 5.74) is 2.33. The van der Waals surface area contributed by atoms with Crippen LogP contribution in [0.2, 0.25) is 0 Å². The number of fused-ring (bicyclic) bond motifs is 3. The average molecular weight is 454 g/mol. The van der Waals surface area contributed by atoms with Crippen molar-refractivity contribution in [3.8, 4) is 0 Å². The predicted octanol–water partition coefficient (Wildman–Crippen LogP) is 6.02. The highest BCUT2D eigenvalue weighted by Crippen LogP contribution is 2.78. The number of furan rings is 1. The van der Waals surface area contributed by atoms with Crippen LogP contribution < -0.4 is 0 Å². The zero-order valence-electron chi connectivity index (χ0n) is 20.8. The van der Waals surface area contributed by atoms with Gasteiger partial charge in [-0.2, -0.15) is 0 Å². The van der Waals surface area contributed by atoms with Crippen molar-refractivity contribution in [3.05, 3.63) is 24.2 Å². The quantitative estimate of drug-likeness (QED) is 0.511. The fourth-order valence-corrected chi connectivity index (χ4v) is 10.1. The van der Waals surface area contributed by atoms with Crippen LogP contribution in [-0.2, 0) is 9.47 Å². The first-order valence-corrected chi connectivity index (χ1v) is 14.1. The van der Waals surface area contributed by atoms with Crippen molar-refractivity contribution in [2.45, 2.75) is 102 Å². The molecule has 0 amide bonds. The number of epoxide rings is 1. The molecule has 3 heterocycles. The zero-order valence-corrected chi connectivity index (χ0v) is 20.8.